The smallest absolute Gasteiger partial charge is 0.239 e. The largest absolute Gasteiger partial charge is 0.376 e. The molecule has 3 nitrogen and oxygen atoms in total. The SMILES string of the molecule is CCC(CC)NC(=O)CNc1ccc(F)cc1C. The first-order valence-electron chi connectivity index (χ1n) is 6.36. The molecule has 0 unspecified atom stereocenters. The van der Waals surface area contributed by atoms with Crippen LogP contribution in [-0.4, -0.2) is 18.5 Å². The van der Waals surface area contributed by atoms with E-state index in [0.29, 0.717) is 0 Å². The predicted molar refractivity (Wildman–Crippen MR) is 72.1 cm³/mol. The maximum Gasteiger partial charge on any atom is 0.239 e. The Hall–Kier alpha value is -1.58. The minimum absolute atomic E-state index is 0.0348. The molecule has 0 aliphatic rings. The molecule has 4 heteroatoms. The van der Waals surface area contributed by atoms with Crippen LogP contribution in [0.4, 0.5) is 10.1 Å². The topological polar surface area (TPSA) is 41.1 Å². The van der Waals surface area contributed by atoms with Crippen molar-refractivity contribution >= 4 is 11.6 Å². The average molecular weight is 252 g/mol. The normalized spacial score (nSPS) is 10.5. The lowest BCUT2D eigenvalue weighted by Crippen LogP contribution is -2.37. The third kappa shape index (κ3) is 4.35. The Morgan fingerprint density at radius 2 is 2.00 bits per heavy atom. The van der Waals surface area contributed by atoms with E-state index in [2.05, 4.69) is 10.6 Å². The molecule has 0 aliphatic carbocycles. The minimum Gasteiger partial charge on any atom is -0.376 e. The molecular weight excluding hydrogens is 231 g/mol. The number of benzene rings is 1. The molecule has 1 aromatic carbocycles. The summed E-state index contributed by atoms with van der Waals surface area (Å²) in [6.07, 6.45) is 1.86. The number of hydrogen-bond acceptors (Lipinski definition) is 2. The number of nitrogens with one attached hydrogen (secondary N) is 2. The highest BCUT2D eigenvalue weighted by Gasteiger charge is 2.08. The first kappa shape index (κ1) is 14.5. The summed E-state index contributed by atoms with van der Waals surface area (Å²) >= 11 is 0. The number of amides is 1. The van der Waals surface area contributed by atoms with E-state index in [0.717, 1.165) is 24.1 Å². The van der Waals surface area contributed by atoms with E-state index >= 15 is 0 Å². The van der Waals surface area contributed by atoms with Crippen LogP contribution < -0.4 is 10.6 Å². The van der Waals surface area contributed by atoms with Gasteiger partial charge >= 0.3 is 0 Å². The molecule has 18 heavy (non-hydrogen) atoms. The Kier molecular flexibility index (Phi) is 5.62. The van der Waals surface area contributed by atoms with Gasteiger partial charge in [0, 0.05) is 11.7 Å². The van der Waals surface area contributed by atoms with Crippen LogP contribution in [0, 0.1) is 12.7 Å². The fourth-order valence-corrected chi connectivity index (χ4v) is 1.77. The summed E-state index contributed by atoms with van der Waals surface area (Å²) in [5.74, 6) is -0.299. The molecule has 0 bridgehead atoms. The van der Waals surface area contributed by atoms with Crippen LogP contribution in [0.3, 0.4) is 0 Å². The second kappa shape index (κ2) is 6.99. The van der Waals surface area contributed by atoms with Gasteiger partial charge in [0.1, 0.15) is 5.82 Å². The lowest BCUT2D eigenvalue weighted by atomic mass is 10.1. The molecule has 1 aromatic rings. The first-order chi connectivity index (χ1) is 8.56. The molecule has 0 aliphatic heterocycles. The standard InChI is InChI=1S/C14H21FN2O/c1-4-12(5-2)17-14(18)9-16-13-7-6-11(15)8-10(13)3/h6-8,12,16H,4-5,9H2,1-3H3,(H,17,18). The second-order valence-corrected chi connectivity index (χ2v) is 4.39. The van der Waals surface area contributed by atoms with E-state index in [1.54, 1.807) is 6.07 Å². The zero-order valence-electron chi connectivity index (χ0n) is 11.2. The van der Waals surface area contributed by atoms with Crippen molar-refractivity contribution in [1.82, 2.24) is 5.32 Å². The van der Waals surface area contributed by atoms with Crippen molar-refractivity contribution in [2.45, 2.75) is 39.7 Å². The maximum atomic E-state index is 12.9. The molecule has 1 amide bonds. The average Bonchev–Trinajstić information content (AvgIpc) is 2.35. The van der Waals surface area contributed by atoms with Gasteiger partial charge in [0.2, 0.25) is 5.91 Å². The van der Waals surface area contributed by atoms with Crippen molar-refractivity contribution in [1.29, 1.82) is 0 Å². The first-order valence-corrected chi connectivity index (χ1v) is 6.36. The molecule has 0 spiro atoms. The van der Waals surface area contributed by atoms with Crippen LogP contribution in [0.15, 0.2) is 18.2 Å². The molecule has 0 heterocycles. The number of aryl methyl sites for hydroxylation is 1. The van der Waals surface area contributed by atoms with Gasteiger partial charge in [-0.3, -0.25) is 4.79 Å². The highest BCUT2D eigenvalue weighted by molar-refractivity contribution is 5.81. The number of carbonyl (C=O) groups excluding carboxylic acids is 1. The quantitative estimate of drug-likeness (QED) is 0.817. The summed E-state index contributed by atoms with van der Waals surface area (Å²) in [6, 6.07) is 4.71. The lowest BCUT2D eigenvalue weighted by molar-refractivity contribution is -0.120. The summed E-state index contributed by atoms with van der Waals surface area (Å²) in [6.45, 7) is 6.12. The number of anilines is 1. The van der Waals surface area contributed by atoms with Crippen molar-refractivity contribution in [3.05, 3.63) is 29.6 Å². The summed E-state index contributed by atoms with van der Waals surface area (Å²) in [7, 11) is 0. The molecule has 0 radical (unpaired) electrons. The van der Waals surface area contributed by atoms with Crippen molar-refractivity contribution in [3.63, 3.8) is 0 Å². The van der Waals surface area contributed by atoms with E-state index < -0.39 is 0 Å². The number of rotatable bonds is 6. The van der Waals surface area contributed by atoms with Crippen molar-refractivity contribution in [2.75, 3.05) is 11.9 Å². The van der Waals surface area contributed by atoms with Crippen molar-refractivity contribution in [3.8, 4) is 0 Å². The molecule has 100 valence electrons. The summed E-state index contributed by atoms with van der Waals surface area (Å²) in [4.78, 5) is 11.7. The second-order valence-electron chi connectivity index (χ2n) is 4.39. The summed E-state index contributed by atoms with van der Waals surface area (Å²) < 4.78 is 12.9. The van der Waals surface area contributed by atoms with Crippen LogP contribution >= 0.6 is 0 Å². The van der Waals surface area contributed by atoms with Gasteiger partial charge in [-0.2, -0.15) is 0 Å². The maximum absolute atomic E-state index is 12.9. The van der Waals surface area contributed by atoms with Crippen LogP contribution in [0.1, 0.15) is 32.3 Å². The number of hydrogen-bond donors (Lipinski definition) is 2. The van der Waals surface area contributed by atoms with Crippen molar-refractivity contribution < 1.29 is 9.18 Å². The van der Waals surface area contributed by atoms with Gasteiger partial charge in [-0.25, -0.2) is 4.39 Å². The molecule has 2 N–H and O–H groups in total. The molecular formula is C14H21FN2O. The monoisotopic (exact) mass is 252 g/mol. The van der Waals surface area contributed by atoms with Crippen LogP contribution in [0.5, 0.6) is 0 Å². The zero-order chi connectivity index (χ0) is 13.5. The Labute approximate surface area is 108 Å². The Morgan fingerprint density at radius 3 is 2.56 bits per heavy atom. The van der Waals surface area contributed by atoms with Gasteiger partial charge in [-0.05, 0) is 43.5 Å². The zero-order valence-corrected chi connectivity index (χ0v) is 11.2. The summed E-state index contributed by atoms with van der Waals surface area (Å²) in [5.41, 5.74) is 1.58. The van der Waals surface area contributed by atoms with E-state index in [1.165, 1.54) is 12.1 Å². The third-order valence-corrected chi connectivity index (χ3v) is 2.98. The molecule has 0 fully saturated rings. The molecule has 1 rings (SSSR count). The summed E-state index contributed by atoms with van der Waals surface area (Å²) in [5, 5.41) is 5.96. The van der Waals surface area contributed by atoms with Gasteiger partial charge in [0.15, 0.2) is 0 Å². The van der Waals surface area contributed by atoms with E-state index in [4.69, 9.17) is 0 Å². The van der Waals surface area contributed by atoms with Gasteiger partial charge < -0.3 is 10.6 Å². The predicted octanol–water partition coefficient (Wildman–Crippen LogP) is 2.85. The van der Waals surface area contributed by atoms with Crippen LogP contribution in [0.25, 0.3) is 0 Å². The fraction of sp³-hybridized carbons (Fsp3) is 0.500. The molecule has 0 atom stereocenters. The number of halogens is 1. The Balaban J connectivity index is 2.47. The highest BCUT2D eigenvalue weighted by atomic mass is 19.1. The molecule has 0 saturated heterocycles. The number of carbonyl (C=O) groups is 1. The fourth-order valence-electron chi connectivity index (χ4n) is 1.77. The van der Waals surface area contributed by atoms with Crippen molar-refractivity contribution in [2.24, 2.45) is 0 Å². The van der Waals surface area contributed by atoms with E-state index in [9.17, 15) is 9.18 Å². The highest BCUT2D eigenvalue weighted by Crippen LogP contribution is 2.15. The van der Waals surface area contributed by atoms with Gasteiger partial charge in [-0.15, -0.1) is 0 Å². The Bertz CT molecular complexity index is 403. The minimum atomic E-state index is -0.264. The van der Waals surface area contributed by atoms with Crippen LogP contribution in [-0.2, 0) is 4.79 Å². The van der Waals surface area contributed by atoms with E-state index in [1.807, 2.05) is 20.8 Å². The lowest BCUT2D eigenvalue weighted by Gasteiger charge is -2.15. The van der Waals surface area contributed by atoms with E-state index in [-0.39, 0.29) is 24.3 Å². The Morgan fingerprint density at radius 1 is 1.33 bits per heavy atom. The molecule has 0 saturated carbocycles. The van der Waals surface area contributed by atoms with Crippen LogP contribution in [0.2, 0.25) is 0 Å². The van der Waals surface area contributed by atoms with Gasteiger partial charge in [-0.1, -0.05) is 13.8 Å². The third-order valence-electron chi connectivity index (χ3n) is 2.98. The molecule has 0 aromatic heterocycles. The van der Waals surface area contributed by atoms with Gasteiger partial charge in [0.05, 0.1) is 6.54 Å². The van der Waals surface area contributed by atoms with Gasteiger partial charge in [0.25, 0.3) is 0 Å².